The number of hydrogen-bond acceptors (Lipinski definition) is 2. The maximum Gasteiger partial charge on any atom is 0.147 e. The van der Waals surface area contributed by atoms with E-state index in [1.54, 1.807) is 12.1 Å². The maximum atomic E-state index is 13.8. The first-order valence-corrected chi connectivity index (χ1v) is 6.28. The molecule has 2 rings (SSSR count). The summed E-state index contributed by atoms with van der Waals surface area (Å²) < 4.78 is 19.6. The van der Waals surface area contributed by atoms with Gasteiger partial charge in [-0.1, -0.05) is 17.7 Å². The highest BCUT2D eigenvalue weighted by Gasteiger charge is 2.15. The van der Waals surface area contributed by atoms with E-state index in [4.69, 9.17) is 16.3 Å². The lowest BCUT2D eigenvalue weighted by atomic mass is 10.2. The first-order valence-electron chi connectivity index (χ1n) is 5.11. The summed E-state index contributed by atoms with van der Waals surface area (Å²) in [4.78, 5) is 2.16. The lowest BCUT2D eigenvalue weighted by Crippen LogP contribution is -2.35. The molecule has 5 heteroatoms. The monoisotopic (exact) mass is 307 g/mol. The lowest BCUT2D eigenvalue weighted by molar-refractivity contribution is 0.0337. The molecule has 0 aromatic heterocycles. The third-order valence-corrected chi connectivity index (χ3v) is 3.87. The molecule has 0 bridgehead atoms. The molecule has 88 valence electrons. The summed E-state index contributed by atoms with van der Waals surface area (Å²) in [6, 6.07) is 3.54. The molecule has 16 heavy (non-hydrogen) atoms. The Morgan fingerprint density at radius 1 is 1.38 bits per heavy atom. The zero-order chi connectivity index (χ0) is 11.5. The number of halogens is 3. The Hall–Kier alpha value is -0.160. The highest BCUT2D eigenvalue weighted by atomic mass is 79.9. The van der Waals surface area contributed by atoms with Gasteiger partial charge in [-0.25, -0.2) is 4.39 Å². The number of nitrogens with zero attached hydrogens (tertiary/aromatic N) is 1. The molecule has 0 aliphatic carbocycles. The zero-order valence-corrected chi connectivity index (χ0v) is 11.0. The van der Waals surface area contributed by atoms with Crippen LogP contribution < -0.4 is 0 Å². The standard InChI is InChI=1S/C11H12BrClFNO/c12-9-2-1-8(11(14)10(9)13)7-15-3-5-16-6-4-15/h1-2H,3-7H2. The molecule has 0 radical (unpaired) electrons. The van der Waals surface area contributed by atoms with Gasteiger partial charge in [0.15, 0.2) is 0 Å². The van der Waals surface area contributed by atoms with E-state index in [-0.39, 0.29) is 10.8 Å². The highest BCUT2D eigenvalue weighted by molar-refractivity contribution is 9.10. The molecular weight excluding hydrogens is 296 g/mol. The van der Waals surface area contributed by atoms with Crippen molar-refractivity contribution in [3.8, 4) is 0 Å². The van der Waals surface area contributed by atoms with Gasteiger partial charge in [-0.15, -0.1) is 0 Å². The van der Waals surface area contributed by atoms with Gasteiger partial charge >= 0.3 is 0 Å². The molecule has 1 heterocycles. The number of morpholine rings is 1. The van der Waals surface area contributed by atoms with Gasteiger partial charge in [-0.3, -0.25) is 4.90 Å². The minimum atomic E-state index is -0.331. The van der Waals surface area contributed by atoms with E-state index in [0.717, 1.165) is 13.1 Å². The van der Waals surface area contributed by atoms with Crippen molar-refractivity contribution < 1.29 is 9.13 Å². The van der Waals surface area contributed by atoms with Gasteiger partial charge in [-0.05, 0) is 22.0 Å². The highest BCUT2D eigenvalue weighted by Crippen LogP contribution is 2.28. The van der Waals surface area contributed by atoms with Crippen LogP contribution in [0.3, 0.4) is 0 Å². The van der Waals surface area contributed by atoms with Crippen molar-refractivity contribution in [1.29, 1.82) is 0 Å². The molecule has 1 saturated heterocycles. The van der Waals surface area contributed by atoms with Gasteiger partial charge in [0.2, 0.25) is 0 Å². The van der Waals surface area contributed by atoms with Crippen LogP contribution in [0.4, 0.5) is 4.39 Å². The average Bonchev–Trinajstić information content (AvgIpc) is 2.31. The van der Waals surface area contributed by atoms with Crippen molar-refractivity contribution >= 4 is 27.5 Å². The van der Waals surface area contributed by atoms with E-state index in [2.05, 4.69) is 20.8 Å². The zero-order valence-electron chi connectivity index (χ0n) is 8.68. The molecular formula is C11H12BrClFNO. The van der Waals surface area contributed by atoms with E-state index in [0.29, 0.717) is 29.8 Å². The molecule has 0 unspecified atom stereocenters. The number of hydrogen-bond donors (Lipinski definition) is 0. The molecule has 0 atom stereocenters. The average molecular weight is 309 g/mol. The Balaban J connectivity index is 2.11. The van der Waals surface area contributed by atoms with Gasteiger partial charge in [0.1, 0.15) is 5.82 Å². The summed E-state index contributed by atoms with van der Waals surface area (Å²) >= 11 is 9.04. The largest absolute Gasteiger partial charge is 0.379 e. The van der Waals surface area contributed by atoms with Crippen LogP contribution in [0, 0.1) is 5.82 Å². The van der Waals surface area contributed by atoms with Crippen LogP contribution >= 0.6 is 27.5 Å². The Morgan fingerprint density at radius 3 is 2.75 bits per heavy atom. The summed E-state index contributed by atoms with van der Waals surface area (Å²) in [6.07, 6.45) is 0. The summed E-state index contributed by atoms with van der Waals surface area (Å²) in [5.74, 6) is -0.331. The van der Waals surface area contributed by atoms with Gasteiger partial charge < -0.3 is 4.74 Å². The van der Waals surface area contributed by atoms with Gasteiger partial charge in [0, 0.05) is 29.7 Å². The number of rotatable bonds is 2. The first-order chi connectivity index (χ1) is 7.68. The minimum Gasteiger partial charge on any atom is -0.379 e. The fourth-order valence-electron chi connectivity index (χ4n) is 1.69. The Kier molecular flexibility index (Phi) is 4.19. The molecule has 1 fully saturated rings. The van der Waals surface area contributed by atoms with E-state index in [9.17, 15) is 4.39 Å². The normalized spacial score (nSPS) is 17.7. The van der Waals surface area contributed by atoms with Gasteiger partial charge in [0.25, 0.3) is 0 Å². The second-order valence-electron chi connectivity index (χ2n) is 3.72. The third kappa shape index (κ3) is 2.74. The molecule has 1 aromatic rings. The fraction of sp³-hybridized carbons (Fsp3) is 0.455. The predicted octanol–water partition coefficient (Wildman–Crippen LogP) is 3.07. The maximum absolute atomic E-state index is 13.8. The van der Waals surface area contributed by atoms with E-state index < -0.39 is 0 Å². The Labute approximate surface area is 107 Å². The molecule has 0 N–H and O–H groups in total. The van der Waals surface area contributed by atoms with Crippen LogP contribution in [-0.4, -0.2) is 31.2 Å². The van der Waals surface area contributed by atoms with Crippen LogP contribution in [-0.2, 0) is 11.3 Å². The van der Waals surface area contributed by atoms with Crippen molar-refractivity contribution in [3.05, 3.63) is 33.0 Å². The topological polar surface area (TPSA) is 12.5 Å². The Morgan fingerprint density at radius 2 is 2.06 bits per heavy atom. The van der Waals surface area contributed by atoms with Crippen molar-refractivity contribution in [2.24, 2.45) is 0 Å². The van der Waals surface area contributed by atoms with Crippen molar-refractivity contribution in [1.82, 2.24) is 4.90 Å². The van der Waals surface area contributed by atoms with E-state index in [1.807, 2.05) is 0 Å². The molecule has 1 aliphatic heterocycles. The first kappa shape index (κ1) is 12.3. The van der Waals surface area contributed by atoms with E-state index >= 15 is 0 Å². The Bertz CT molecular complexity index is 382. The number of ether oxygens (including phenoxy) is 1. The second kappa shape index (κ2) is 5.45. The number of benzene rings is 1. The molecule has 0 spiro atoms. The third-order valence-electron chi connectivity index (χ3n) is 2.61. The van der Waals surface area contributed by atoms with Crippen LogP contribution in [0.25, 0.3) is 0 Å². The second-order valence-corrected chi connectivity index (χ2v) is 4.96. The van der Waals surface area contributed by atoms with Crippen LogP contribution in [0.5, 0.6) is 0 Å². The van der Waals surface area contributed by atoms with Crippen molar-refractivity contribution in [3.63, 3.8) is 0 Å². The van der Waals surface area contributed by atoms with Crippen molar-refractivity contribution in [2.75, 3.05) is 26.3 Å². The molecule has 1 aromatic carbocycles. The van der Waals surface area contributed by atoms with E-state index in [1.165, 1.54) is 0 Å². The minimum absolute atomic E-state index is 0.158. The molecule has 0 amide bonds. The summed E-state index contributed by atoms with van der Waals surface area (Å²) in [5.41, 5.74) is 0.634. The van der Waals surface area contributed by atoms with Crippen LogP contribution in [0.15, 0.2) is 16.6 Å². The molecule has 2 nitrogen and oxygen atoms in total. The van der Waals surface area contributed by atoms with Gasteiger partial charge in [0.05, 0.1) is 18.2 Å². The van der Waals surface area contributed by atoms with Gasteiger partial charge in [-0.2, -0.15) is 0 Å². The molecule has 0 saturated carbocycles. The van der Waals surface area contributed by atoms with Crippen molar-refractivity contribution in [2.45, 2.75) is 6.54 Å². The summed E-state index contributed by atoms with van der Waals surface area (Å²) in [7, 11) is 0. The smallest absolute Gasteiger partial charge is 0.147 e. The fourth-order valence-corrected chi connectivity index (χ4v) is 2.18. The quantitative estimate of drug-likeness (QED) is 0.779. The SMILES string of the molecule is Fc1c(CN2CCOCC2)ccc(Br)c1Cl. The summed E-state index contributed by atoms with van der Waals surface area (Å²) in [6.45, 7) is 3.69. The van der Waals surface area contributed by atoms with Crippen LogP contribution in [0.1, 0.15) is 5.56 Å². The predicted molar refractivity (Wildman–Crippen MR) is 65.2 cm³/mol. The van der Waals surface area contributed by atoms with Crippen LogP contribution in [0.2, 0.25) is 5.02 Å². The molecule has 1 aliphatic rings. The lowest BCUT2D eigenvalue weighted by Gasteiger charge is -2.26. The summed E-state index contributed by atoms with van der Waals surface area (Å²) in [5, 5.41) is 0.158.